The van der Waals surface area contributed by atoms with Crippen molar-refractivity contribution in [2.45, 2.75) is 62.0 Å². The van der Waals surface area contributed by atoms with Gasteiger partial charge in [-0.05, 0) is 43.6 Å². The summed E-state index contributed by atoms with van der Waals surface area (Å²) in [7, 11) is 0. The zero-order chi connectivity index (χ0) is 22.9. The highest BCUT2D eigenvalue weighted by Gasteiger charge is 2.43. The maximum Gasteiger partial charge on any atom is 0.308 e. The van der Waals surface area contributed by atoms with Crippen LogP contribution in [0.1, 0.15) is 46.0 Å². The lowest BCUT2D eigenvalue weighted by Gasteiger charge is -2.40. The van der Waals surface area contributed by atoms with E-state index in [1.807, 2.05) is 13.8 Å². The molecule has 3 heterocycles. The molecular formula is C22H27Cl2N5O2S. The summed E-state index contributed by atoms with van der Waals surface area (Å²) in [6.45, 7) is 5.53. The van der Waals surface area contributed by atoms with Gasteiger partial charge in [-0.3, -0.25) is 4.79 Å². The van der Waals surface area contributed by atoms with Gasteiger partial charge in [0.1, 0.15) is 22.1 Å². The van der Waals surface area contributed by atoms with Crippen molar-refractivity contribution in [3.05, 3.63) is 28.6 Å². The molecule has 1 saturated carbocycles. The maximum atomic E-state index is 11.9. The number of aromatic nitrogens is 3. The number of hydrogen-bond donors (Lipinski definition) is 1. The second kappa shape index (κ2) is 9.61. The Bertz CT molecular complexity index is 998. The molecule has 0 amide bonds. The molecule has 7 nitrogen and oxygen atoms in total. The molecule has 1 atom stereocenters. The van der Waals surface area contributed by atoms with Crippen LogP contribution in [0.5, 0.6) is 0 Å². The van der Waals surface area contributed by atoms with E-state index in [9.17, 15) is 4.79 Å². The van der Waals surface area contributed by atoms with Gasteiger partial charge in [-0.2, -0.15) is 0 Å². The summed E-state index contributed by atoms with van der Waals surface area (Å²) in [6, 6.07) is 1.77. The summed E-state index contributed by atoms with van der Waals surface area (Å²) >= 11 is 13.5. The third-order valence-electron chi connectivity index (χ3n) is 6.33. The first kappa shape index (κ1) is 23.4. The van der Waals surface area contributed by atoms with Crippen LogP contribution in [0.15, 0.2) is 28.4 Å². The Kier molecular flexibility index (Phi) is 7.03. The van der Waals surface area contributed by atoms with E-state index < -0.39 is 0 Å². The van der Waals surface area contributed by atoms with Crippen LogP contribution in [0.25, 0.3) is 0 Å². The molecule has 2 aromatic heterocycles. The minimum Gasteiger partial charge on any atom is -0.462 e. The fourth-order valence-corrected chi connectivity index (χ4v) is 5.64. The standard InChI is InChI=1S/C22H27Cl2N5O2S/c1-13(2)21(30)31-14-3-5-22(11-14)6-9-29(10-7-22)16-12-27-20(19(25)28-16)32-15-4-8-26-18(24)17(15)23/h4,8,12-14H,3,5-7,9-11H2,1-2H3,(H2,25,28)/t14-/m1/s1. The molecule has 2 N–H and O–H groups in total. The Morgan fingerprint density at radius 3 is 2.72 bits per heavy atom. The summed E-state index contributed by atoms with van der Waals surface area (Å²) in [6.07, 6.45) is 8.52. The molecule has 10 heteroatoms. The number of ether oxygens (including phenoxy) is 1. The number of pyridine rings is 1. The van der Waals surface area contributed by atoms with Crippen LogP contribution in [-0.4, -0.2) is 40.1 Å². The number of hydrogen-bond acceptors (Lipinski definition) is 8. The largest absolute Gasteiger partial charge is 0.462 e. The van der Waals surface area contributed by atoms with Crippen molar-refractivity contribution in [1.82, 2.24) is 15.0 Å². The summed E-state index contributed by atoms with van der Waals surface area (Å²) in [5, 5.41) is 1.20. The predicted molar refractivity (Wildman–Crippen MR) is 127 cm³/mol. The minimum atomic E-state index is -0.0940. The van der Waals surface area contributed by atoms with Gasteiger partial charge in [0.15, 0.2) is 5.82 Å². The highest BCUT2D eigenvalue weighted by molar-refractivity contribution is 7.99. The molecule has 2 aromatic rings. The molecule has 172 valence electrons. The van der Waals surface area contributed by atoms with Crippen molar-refractivity contribution < 1.29 is 9.53 Å². The van der Waals surface area contributed by atoms with Gasteiger partial charge >= 0.3 is 5.97 Å². The second-order valence-corrected chi connectivity index (χ2v) is 10.6. The number of carbonyl (C=O) groups is 1. The van der Waals surface area contributed by atoms with Crippen LogP contribution < -0.4 is 10.6 Å². The van der Waals surface area contributed by atoms with Gasteiger partial charge in [0.05, 0.1) is 17.1 Å². The summed E-state index contributed by atoms with van der Waals surface area (Å²) in [5.41, 5.74) is 6.46. The van der Waals surface area contributed by atoms with Crippen molar-refractivity contribution in [3.8, 4) is 0 Å². The fourth-order valence-electron chi connectivity index (χ4n) is 4.42. The summed E-state index contributed by atoms with van der Waals surface area (Å²) in [5.74, 6) is 0.966. The van der Waals surface area contributed by atoms with Gasteiger partial charge in [-0.15, -0.1) is 0 Å². The highest BCUT2D eigenvalue weighted by Crippen LogP contribution is 2.48. The molecule has 0 radical (unpaired) electrons. The number of nitrogens with zero attached hydrogens (tertiary/aromatic N) is 4. The molecule has 1 aliphatic carbocycles. The summed E-state index contributed by atoms with van der Waals surface area (Å²) < 4.78 is 5.69. The van der Waals surface area contributed by atoms with E-state index in [1.54, 1.807) is 18.5 Å². The van der Waals surface area contributed by atoms with Crippen molar-refractivity contribution in [1.29, 1.82) is 0 Å². The van der Waals surface area contributed by atoms with E-state index >= 15 is 0 Å². The third kappa shape index (κ3) is 5.07. The summed E-state index contributed by atoms with van der Waals surface area (Å²) in [4.78, 5) is 28.0. The van der Waals surface area contributed by atoms with E-state index in [0.29, 0.717) is 15.9 Å². The molecule has 1 aliphatic heterocycles. The maximum absolute atomic E-state index is 11.9. The minimum absolute atomic E-state index is 0.0525. The normalized spacial score (nSPS) is 20.2. The Labute approximate surface area is 202 Å². The van der Waals surface area contributed by atoms with Crippen LogP contribution in [0.4, 0.5) is 11.6 Å². The molecule has 0 bridgehead atoms. The average Bonchev–Trinajstić information content (AvgIpc) is 3.15. The third-order valence-corrected chi connectivity index (χ3v) is 8.27. The van der Waals surface area contributed by atoms with E-state index in [4.69, 9.17) is 33.7 Å². The quantitative estimate of drug-likeness (QED) is 0.443. The highest BCUT2D eigenvalue weighted by atomic mass is 35.5. The molecule has 1 saturated heterocycles. The van der Waals surface area contributed by atoms with Crippen LogP contribution >= 0.6 is 35.0 Å². The number of anilines is 2. The van der Waals surface area contributed by atoms with Crippen LogP contribution in [0, 0.1) is 11.3 Å². The number of piperidine rings is 1. The van der Waals surface area contributed by atoms with Crippen molar-refractivity contribution >= 4 is 52.6 Å². The van der Waals surface area contributed by atoms with Crippen molar-refractivity contribution in [2.75, 3.05) is 23.7 Å². The molecule has 2 aliphatic rings. The molecule has 0 unspecified atom stereocenters. The van der Waals surface area contributed by atoms with E-state index in [-0.39, 0.29) is 28.6 Å². The molecule has 1 spiro atoms. The zero-order valence-electron chi connectivity index (χ0n) is 18.2. The zero-order valence-corrected chi connectivity index (χ0v) is 20.5. The molecular weight excluding hydrogens is 469 g/mol. The smallest absolute Gasteiger partial charge is 0.308 e. The first-order chi connectivity index (χ1) is 15.3. The van der Waals surface area contributed by atoms with Crippen molar-refractivity contribution in [3.63, 3.8) is 0 Å². The fraction of sp³-hybridized carbons (Fsp3) is 0.545. The Hall–Kier alpha value is -1.77. The van der Waals surface area contributed by atoms with E-state index in [2.05, 4.69) is 19.9 Å². The first-order valence-corrected chi connectivity index (χ1v) is 12.4. The lowest BCUT2D eigenvalue weighted by molar-refractivity contribution is -0.152. The number of nitrogens with two attached hydrogens (primary N) is 1. The monoisotopic (exact) mass is 495 g/mol. The lowest BCUT2D eigenvalue weighted by atomic mass is 9.77. The van der Waals surface area contributed by atoms with Gasteiger partial charge in [0.2, 0.25) is 0 Å². The van der Waals surface area contributed by atoms with Gasteiger partial charge in [0, 0.05) is 24.2 Å². The SMILES string of the molecule is CC(C)C(=O)O[C@@H]1CCC2(CCN(c3cnc(Sc4ccnc(Cl)c4Cl)c(N)n3)CC2)C1. The average molecular weight is 496 g/mol. The predicted octanol–water partition coefficient (Wildman–Crippen LogP) is 5.25. The molecule has 0 aromatic carbocycles. The molecule has 2 fully saturated rings. The Balaban J connectivity index is 1.36. The van der Waals surface area contributed by atoms with E-state index in [0.717, 1.165) is 55.9 Å². The number of halogens is 2. The molecule has 4 rings (SSSR count). The van der Waals surface area contributed by atoms with Gasteiger partial charge < -0.3 is 15.4 Å². The number of rotatable bonds is 5. The Morgan fingerprint density at radius 2 is 2.03 bits per heavy atom. The molecule has 32 heavy (non-hydrogen) atoms. The number of carbonyl (C=O) groups excluding carboxylic acids is 1. The van der Waals surface area contributed by atoms with E-state index in [1.165, 1.54) is 11.8 Å². The van der Waals surface area contributed by atoms with Gasteiger partial charge in [-0.1, -0.05) is 48.8 Å². The van der Waals surface area contributed by atoms with Crippen LogP contribution in [0.2, 0.25) is 10.2 Å². The lowest BCUT2D eigenvalue weighted by Crippen LogP contribution is -2.40. The second-order valence-electron chi connectivity index (χ2n) is 8.88. The number of nitrogen functional groups attached to an aromatic ring is 1. The van der Waals surface area contributed by atoms with Crippen LogP contribution in [-0.2, 0) is 9.53 Å². The van der Waals surface area contributed by atoms with Crippen LogP contribution in [0.3, 0.4) is 0 Å². The topological polar surface area (TPSA) is 94.2 Å². The number of esters is 1. The van der Waals surface area contributed by atoms with Gasteiger partial charge in [0.25, 0.3) is 0 Å². The van der Waals surface area contributed by atoms with Crippen molar-refractivity contribution in [2.24, 2.45) is 11.3 Å². The van der Waals surface area contributed by atoms with Gasteiger partial charge in [-0.25, -0.2) is 15.0 Å². The Morgan fingerprint density at radius 1 is 1.28 bits per heavy atom. The first-order valence-electron chi connectivity index (χ1n) is 10.8.